The predicted octanol–water partition coefficient (Wildman–Crippen LogP) is 5.22. The average Bonchev–Trinajstić information content (AvgIpc) is 2.75. The van der Waals surface area contributed by atoms with Crippen LogP contribution in [0.1, 0.15) is 33.3 Å². The van der Waals surface area contributed by atoms with Crippen molar-refractivity contribution in [2.45, 2.75) is 45.8 Å². The lowest BCUT2D eigenvalue weighted by Crippen LogP contribution is -2.41. The molecule has 0 radical (unpaired) electrons. The second-order valence-corrected chi connectivity index (χ2v) is 8.57. The molecule has 0 N–H and O–H groups in total. The molecule has 0 unspecified atom stereocenters. The smallest absolute Gasteiger partial charge is 0.399 e. The number of benzene rings is 2. The van der Waals surface area contributed by atoms with Crippen molar-refractivity contribution in [3.8, 4) is 0 Å². The van der Waals surface area contributed by atoms with E-state index in [0.29, 0.717) is 0 Å². The van der Waals surface area contributed by atoms with Gasteiger partial charge in [-0.25, -0.2) is 0 Å². The molecule has 0 bridgehead atoms. The Morgan fingerprint density at radius 2 is 1.42 bits per heavy atom. The molecule has 0 aliphatic carbocycles. The van der Waals surface area contributed by atoms with E-state index in [9.17, 15) is 0 Å². The normalized spacial score (nSPS) is 18.4. The van der Waals surface area contributed by atoms with Gasteiger partial charge in [-0.1, -0.05) is 73.8 Å². The maximum Gasteiger partial charge on any atom is 0.495 e. The molecule has 2 nitrogen and oxygen atoms in total. The molecule has 0 saturated carbocycles. The highest BCUT2D eigenvalue weighted by Crippen LogP contribution is 2.37. The van der Waals surface area contributed by atoms with Gasteiger partial charge in [-0.05, 0) is 50.9 Å². The molecule has 3 rings (SSSR count). The summed E-state index contributed by atoms with van der Waals surface area (Å²) in [6, 6.07) is 12.7. The van der Waals surface area contributed by atoms with Crippen LogP contribution < -0.4 is 5.46 Å². The SMILES string of the molecule is BrCCBr.Cc1ccc2ccccc2c1B1OC(C)(C)C(C)(C)O1. The second-order valence-electron chi connectivity index (χ2n) is 6.98. The van der Waals surface area contributed by atoms with Crippen molar-refractivity contribution in [3.05, 3.63) is 42.0 Å². The molecule has 24 heavy (non-hydrogen) atoms. The molecule has 5 heteroatoms. The molecule has 0 atom stereocenters. The highest BCUT2D eigenvalue weighted by molar-refractivity contribution is 9.11. The van der Waals surface area contributed by atoms with E-state index in [-0.39, 0.29) is 18.3 Å². The minimum atomic E-state index is -0.305. The zero-order valence-corrected chi connectivity index (χ0v) is 18.2. The first-order valence-corrected chi connectivity index (χ1v) is 10.4. The lowest BCUT2D eigenvalue weighted by Gasteiger charge is -2.32. The van der Waals surface area contributed by atoms with Gasteiger partial charge < -0.3 is 9.31 Å². The third-order valence-electron chi connectivity index (χ3n) is 4.75. The van der Waals surface area contributed by atoms with Crippen molar-refractivity contribution in [1.29, 1.82) is 0 Å². The van der Waals surface area contributed by atoms with Crippen LogP contribution in [0.3, 0.4) is 0 Å². The van der Waals surface area contributed by atoms with Gasteiger partial charge in [0, 0.05) is 10.7 Å². The molecule has 0 spiro atoms. The van der Waals surface area contributed by atoms with Crippen molar-refractivity contribution in [2.75, 3.05) is 10.7 Å². The Bertz CT molecular complexity index is 683. The fourth-order valence-corrected chi connectivity index (χ4v) is 2.68. The van der Waals surface area contributed by atoms with Crippen molar-refractivity contribution in [3.63, 3.8) is 0 Å². The van der Waals surface area contributed by atoms with Crippen molar-refractivity contribution < 1.29 is 9.31 Å². The van der Waals surface area contributed by atoms with E-state index in [1.807, 2.05) is 0 Å². The standard InChI is InChI=1S/C17H21BO2.C2H4Br2/c1-12-10-11-13-8-6-7-9-14(13)15(12)18-19-16(2,3)17(4,5)20-18;3-1-2-4/h6-11H,1-5H3;1-2H2. The number of hydrogen-bond acceptors (Lipinski definition) is 2. The quantitative estimate of drug-likeness (QED) is 0.456. The monoisotopic (exact) mass is 454 g/mol. The minimum absolute atomic E-state index is 0.300. The molecule has 2 aromatic rings. The van der Waals surface area contributed by atoms with Crippen LogP contribution in [0.2, 0.25) is 0 Å². The summed E-state index contributed by atoms with van der Waals surface area (Å²) in [5, 5.41) is 4.54. The molecular formula is C19H25BBr2O2. The van der Waals surface area contributed by atoms with E-state index < -0.39 is 0 Å². The predicted molar refractivity (Wildman–Crippen MR) is 112 cm³/mol. The van der Waals surface area contributed by atoms with Crippen LogP contribution >= 0.6 is 31.9 Å². The molecule has 1 fully saturated rings. The van der Waals surface area contributed by atoms with Crippen LogP contribution in [-0.2, 0) is 9.31 Å². The summed E-state index contributed by atoms with van der Waals surface area (Å²) in [4.78, 5) is 0. The average molecular weight is 456 g/mol. The zero-order valence-electron chi connectivity index (χ0n) is 15.0. The van der Waals surface area contributed by atoms with Gasteiger partial charge in [0.05, 0.1) is 11.2 Å². The van der Waals surface area contributed by atoms with E-state index in [4.69, 9.17) is 9.31 Å². The van der Waals surface area contributed by atoms with Crippen LogP contribution in [-0.4, -0.2) is 29.0 Å². The van der Waals surface area contributed by atoms with E-state index in [2.05, 4.69) is 103 Å². The van der Waals surface area contributed by atoms with E-state index >= 15 is 0 Å². The van der Waals surface area contributed by atoms with Crippen LogP contribution in [0, 0.1) is 6.92 Å². The molecule has 1 aliphatic heterocycles. The van der Waals surface area contributed by atoms with E-state index in [1.165, 1.54) is 16.3 Å². The van der Waals surface area contributed by atoms with E-state index in [0.717, 1.165) is 16.1 Å². The van der Waals surface area contributed by atoms with Gasteiger partial charge in [-0.2, -0.15) is 0 Å². The largest absolute Gasteiger partial charge is 0.495 e. The number of fused-ring (bicyclic) bond motifs is 1. The second kappa shape index (κ2) is 7.90. The first-order chi connectivity index (χ1) is 11.2. The third kappa shape index (κ3) is 4.06. The third-order valence-corrected chi connectivity index (χ3v) is 6.61. The molecule has 0 amide bonds. The fourth-order valence-electron chi connectivity index (χ4n) is 2.68. The highest BCUT2D eigenvalue weighted by Gasteiger charge is 2.52. The summed E-state index contributed by atoms with van der Waals surface area (Å²) in [5.41, 5.74) is 1.76. The van der Waals surface area contributed by atoms with Crippen LogP contribution in [0.5, 0.6) is 0 Å². The summed E-state index contributed by atoms with van der Waals surface area (Å²) in [6.07, 6.45) is 0. The molecule has 130 valence electrons. The van der Waals surface area contributed by atoms with Crippen LogP contribution in [0.25, 0.3) is 10.8 Å². The molecule has 1 heterocycles. The minimum Gasteiger partial charge on any atom is -0.399 e. The zero-order chi connectivity index (χ0) is 18.0. The van der Waals surface area contributed by atoms with Gasteiger partial charge in [0.1, 0.15) is 0 Å². The van der Waals surface area contributed by atoms with Gasteiger partial charge in [0.25, 0.3) is 0 Å². The Kier molecular flexibility index (Phi) is 6.57. The van der Waals surface area contributed by atoms with Gasteiger partial charge in [-0.15, -0.1) is 0 Å². The Balaban J connectivity index is 0.000000471. The lowest BCUT2D eigenvalue weighted by atomic mass is 9.73. The fraction of sp³-hybridized carbons (Fsp3) is 0.474. The first kappa shape index (κ1) is 20.0. The summed E-state index contributed by atoms with van der Waals surface area (Å²) < 4.78 is 12.4. The van der Waals surface area contributed by atoms with Gasteiger partial charge >= 0.3 is 7.12 Å². The number of halogens is 2. The summed E-state index contributed by atoms with van der Waals surface area (Å²) >= 11 is 6.40. The number of alkyl halides is 2. The molecule has 0 aromatic heterocycles. The van der Waals surface area contributed by atoms with Gasteiger partial charge in [0.2, 0.25) is 0 Å². The van der Waals surface area contributed by atoms with Crippen molar-refractivity contribution >= 4 is 55.2 Å². The molecule has 2 aromatic carbocycles. The van der Waals surface area contributed by atoms with Gasteiger partial charge in [-0.3, -0.25) is 0 Å². The molecule has 1 aliphatic rings. The summed E-state index contributed by atoms with van der Waals surface area (Å²) in [7, 11) is -0.300. The number of rotatable bonds is 2. The Labute approximate surface area is 162 Å². The maximum absolute atomic E-state index is 6.22. The van der Waals surface area contributed by atoms with Crippen LogP contribution in [0.4, 0.5) is 0 Å². The number of hydrogen-bond donors (Lipinski definition) is 0. The Hall–Kier alpha value is -0.355. The summed E-state index contributed by atoms with van der Waals surface area (Å²) in [6.45, 7) is 10.5. The first-order valence-electron chi connectivity index (χ1n) is 8.19. The summed E-state index contributed by atoms with van der Waals surface area (Å²) in [5.74, 6) is 0. The highest BCUT2D eigenvalue weighted by atomic mass is 79.9. The molecule has 1 saturated heterocycles. The number of aryl methyl sites for hydroxylation is 1. The maximum atomic E-state index is 6.22. The Morgan fingerprint density at radius 1 is 0.875 bits per heavy atom. The lowest BCUT2D eigenvalue weighted by molar-refractivity contribution is 0.00578. The topological polar surface area (TPSA) is 18.5 Å². The Morgan fingerprint density at radius 3 is 1.96 bits per heavy atom. The molecular weight excluding hydrogens is 431 g/mol. The van der Waals surface area contributed by atoms with Gasteiger partial charge in [0.15, 0.2) is 0 Å². The van der Waals surface area contributed by atoms with Crippen molar-refractivity contribution in [2.24, 2.45) is 0 Å². The van der Waals surface area contributed by atoms with Crippen LogP contribution in [0.15, 0.2) is 36.4 Å². The van der Waals surface area contributed by atoms with Crippen molar-refractivity contribution in [1.82, 2.24) is 0 Å². The van der Waals surface area contributed by atoms with E-state index in [1.54, 1.807) is 0 Å².